The van der Waals surface area contributed by atoms with Crippen molar-refractivity contribution < 1.29 is 19.1 Å². The third-order valence-corrected chi connectivity index (χ3v) is 3.02. The molecule has 0 saturated carbocycles. The molecule has 0 aromatic heterocycles. The number of hydrogen-bond donors (Lipinski definition) is 1. The lowest BCUT2D eigenvalue weighted by Gasteiger charge is -2.13. The van der Waals surface area contributed by atoms with Gasteiger partial charge in [-0.3, -0.25) is 14.4 Å². The molecule has 6 nitrogen and oxygen atoms in total. The van der Waals surface area contributed by atoms with Gasteiger partial charge < -0.3 is 10.5 Å². The molecular weight excluding hydrogens is 296 g/mol. The lowest BCUT2D eigenvalue weighted by molar-refractivity contribution is -0.360. The normalized spacial score (nSPS) is 16.9. The van der Waals surface area contributed by atoms with Gasteiger partial charge in [0.05, 0.1) is 0 Å². The number of nitrogens with zero attached hydrogens (tertiary/aromatic N) is 1. The van der Waals surface area contributed by atoms with Crippen LogP contribution in [0.4, 0.5) is 11.4 Å². The Morgan fingerprint density at radius 2 is 2.05 bits per heavy atom. The third-order valence-electron chi connectivity index (χ3n) is 2.78. The second-order valence-electron chi connectivity index (χ2n) is 4.42. The van der Waals surface area contributed by atoms with Gasteiger partial charge in [-0.2, -0.15) is 4.74 Å². The van der Waals surface area contributed by atoms with E-state index in [1.54, 1.807) is 0 Å². The minimum absolute atomic E-state index is 0.00384. The number of anilines is 1. The number of halogens is 1. The monoisotopic (exact) mass is 306 g/mol. The first-order valence-electron chi connectivity index (χ1n) is 6.04. The van der Waals surface area contributed by atoms with E-state index in [-0.39, 0.29) is 40.2 Å². The van der Waals surface area contributed by atoms with Crippen molar-refractivity contribution in [1.82, 2.24) is 0 Å². The number of hydrogen-bond acceptors (Lipinski definition) is 4. The molecule has 0 atom stereocenters. The molecule has 1 N–H and O–H groups in total. The lowest BCUT2D eigenvalue weighted by Crippen LogP contribution is -2.27. The zero-order valence-electron chi connectivity index (χ0n) is 11.1. The highest BCUT2D eigenvalue weighted by atomic mass is 35.5. The highest BCUT2D eigenvalue weighted by Gasteiger charge is 2.27. The second kappa shape index (κ2) is 5.88. The van der Waals surface area contributed by atoms with Gasteiger partial charge in [0.15, 0.2) is 5.78 Å². The Hall–Kier alpha value is -2.47. The predicted molar refractivity (Wildman–Crippen MR) is 77.8 cm³/mol. The highest BCUT2D eigenvalue weighted by Crippen LogP contribution is 2.28. The summed E-state index contributed by atoms with van der Waals surface area (Å²) < 4.78 is 0.334. The topological polar surface area (TPSA) is 89.3 Å². The predicted octanol–water partition coefficient (Wildman–Crippen LogP) is 1.98. The summed E-state index contributed by atoms with van der Waals surface area (Å²) in [4.78, 5) is 34.3. The van der Waals surface area contributed by atoms with Gasteiger partial charge >= 0.3 is 0 Å². The van der Waals surface area contributed by atoms with Gasteiger partial charge in [-0.25, -0.2) is 0 Å². The van der Waals surface area contributed by atoms with Crippen LogP contribution >= 0.6 is 11.6 Å². The number of amides is 1. The fourth-order valence-corrected chi connectivity index (χ4v) is 2.03. The summed E-state index contributed by atoms with van der Waals surface area (Å²) in [5, 5.41) is 15.1. The molecule has 0 bridgehead atoms. The van der Waals surface area contributed by atoms with Crippen molar-refractivity contribution in [2.45, 2.75) is 13.3 Å². The van der Waals surface area contributed by atoms with Crippen LogP contribution in [0.5, 0.6) is 0 Å². The van der Waals surface area contributed by atoms with Crippen molar-refractivity contribution >= 4 is 46.2 Å². The molecule has 1 aliphatic rings. The van der Waals surface area contributed by atoms with Crippen LogP contribution < -0.4 is 5.32 Å². The van der Waals surface area contributed by atoms with Gasteiger partial charge in [0.1, 0.15) is 12.1 Å². The van der Waals surface area contributed by atoms with Crippen molar-refractivity contribution in [2.24, 2.45) is 0 Å². The summed E-state index contributed by atoms with van der Waals surface area (Å²) in [6.07, 6.45) is 1.89. The van der Waals surface area contributed by atoms with Crippen LogP contribution in [0.25, 0.3) is 0 Å². The Bertz CT molecular complexity index is 707. The minimum atomic E-state index is -0.543. The average molecular weight is 307 g/mol. The number of carbonyl (C=O) groups is 3. The molecule has 0 spiro atoms. The van der Waals surface area contributed by atoms with Gasteiger partial charge in [-0.05, 0) is 24.3 Å². The zero-order valence-corrected chi connectivity index (χ0v) is 11.8. The number of carbonyl (C=O) groups excluding carboxylic acids is 3. The van der Waals surface area contributed by atoms with Crippen LogP contribution in [0.1, 0.15) is 13.3 Å². The Morgan fingerprint density at radius 3 is 2.71 bits per heavy atom. The molecule has 0 heterocycles. The molecule has 108 valence electrons. The number of nitrogens with one attached hydrogen (secondary N) is 1. The maximum absolute atomic E-state index is 12.4. The van der Waals surface area contributed by atoms with Crippen LogP contribution in [-0.2, 0) is 14.4 Å². The molecule has 0 aliphatic heterocycles. The molecular formula is C14H11ClN2O4. The molecule has 0 fully saturated rings. The molecule has 1 amide bonds. The van der Waals surface area contributed by atoms with Crippen molar-refractivity contribution in [2.75, 3.05) is 5.32 Å². The van der Waals surface area contributed by atoms with E-state index in [0.29, 0.717) is 4.74 Å². The number of rotatable bonds is 2. The molecule has 21 heavy (non-hydrogen) atoms. The molecule has 1 aromatic rings. The summed E-state index contributed by atoms with van der Waals surface area (Å²) in [6.45, 7) is 1.29. The van der Waals surface area contributed by atoms with E-state index < -0.39 is 5.78 Å². The number of ketones is 2. The summed E-state index contributed by atoms with van der Waals surface area (Å²) in [6, 6.07) is 4.28. The van der Waals surface area contributed by atoms with Crippen molar-refractivity contribution in [3.05, 3.63) is 40.6 Å². The Balaban J connectivity index is 2.56. The van der Waals surface area contributed by atoms with Crippen LogP contribution in [0.2, 0.25) is 5.02 Å². The van der Waals surface area contributed by atoms with E-state index >= 15 is 0 Å². The Morgan fingerprint density at radius 1 is 1.33 bits per heavy atom. The van der Waals surface area contributed by atoms with Crippen LogP contribution in [0.15, 0.2) is 30.4 Å². The summed E-state index contributed by atoms with van der Waals surface area (Å²) in [7, 11) is 0. The Labute approximate surface area is 125 Å². The number of allylic oxidation sites excluding steroid dienone is 2. The first-order valence-corrected chi connectivity index (χ1v) is 6.41. The van der Waals surface area contributed by atoms with E-state index in [1.807, 2.05) is 0 Å². The molecule has 1 aromatic carbocycles. The van der Waals surface area contributed by atoms with E-state index in [1.165, 1.54) is 25.1 Å². The van der Waals surface area contributed by atoms with E-state index in [9.17, 15) is 19.6 Å². The first kappa shape index (κ1) is 14.9. The summed E-state index contributed by atoms with van der Waals surface area (Å²) in [5.41, 5.74) is 0.00437. The summed E-state index contributed by atoms with van der Waals surface area (Å²) in [5.74, 6) is -1.25. The van der Waals surface area contributed by atoms with Crippen molar-refractivity contribution in [3.8, 4) is 0 Å². The van der Waals surface area contributed by atoms with Crippen LogP contribution in [0, 0.1) is 5.21 Å². The van der Waals surface area contributed by atoms with Gasteiger partial charge in [0.2, 0.25) is 23.1 Å². The molecule has 2 rings (SSSR count). The van der Waals surface area contributed by atoms with Gasteiger partial charge in [-0.1, -0.05) is 11.6 Å². The van der Waals surface area contributed by atoms with E-state index in [4.69, 9.17) is 11.6 Å². The Kier molecular flexibility index (Phi) is 4.18. The fourth-order valence-electron chi connectivity index (χ4n) is 1.86. The maximum atomic E-state index is 12.4. The quantitative estimate of drug-likeness (QED) is 0.514. The molecule has 7 heteroatoms. The van der Waals surface area contributed by atoms with Crippen LogP contribution in [0.3, 0.4) is 0 Å². The standard InChI is InChI=1S/C14H11ClN2O4/c1-8(18)16-11-4-2-9(15)6-12(11)17(21)13-7-10(19)3-5-14(13)20/h2-6H,7H2,1H3,(H,16,18). The molecule has 0 radical (unpaired) electrons. The molecule has 0 saturated heterocycles. The smallest absolute Gasteiger partial charge is 0.248 e. The molecule has 1 aliphatic carbocycles. The van der Waals surface area contributed by atoms with Crippen molar-refractivity contribution in [3.63, 3.8) is 0 Å². The average Bonchev–Trinajstić information content (AvgIpc) is 2.42. The van der Waals surface area contributed by atoms with Gasteiger partial charge in [-0.15, -0.1) is 0 Å². The SMILES string of the molecule is CC(=O)Nc1ccc(Cl)cc1[N+]([O-])=C1CC(=O)C=CC1=O. The minimum Gasteiger partial charge on any atom is -0.618 e. The van der Waals surface area contributed by atoms with Gasteiger partial charge in [0.25, 0.3) is 0 Å². The molecule has 0 unspecified atom stereocenters. The first-order chi connectivity index (χ1) is 9.88. The van der Waals surface area contributed by atoms with Crippen molar-refractivity contribution in [1.29, 1.82) is 0 Å². The maximum Gasteiger partial charge on any atom is 0.248 e. The van der Waals surface area contributed by atoms with E-state index in [2.05, 4.69) is 5.32 Å². The van der Waals surface area contributed by atoms with Gasteiger partial charge in [0, 0.05) is 18.0 Å². The van der Waals surface area contributed by atoms with E-state index in [0.717, 1.165) is 12.2 Å². The second-order valence-corrected chi connectivity index (χ2v) is 4.86. The lowest BCUT2D eigenvalue weighted by atomic mass is 10.0. The largest absolute Gasteiger partial charge is 0.618 e. The third kappa shape index (κ3) is 3.35. The van der Waals surface area contributed by atoms with Crippen LogP contribution in [-0.4, -0.2) is 27.9 Å². The number of benzene rings is 1. The summed E-state index contributed by atoms with van der Waals surface area (Å²) >= 11 is 5.85. The zero-order chi connectivity index (χ0) is 15.6. The highest BCUT2D eigenvalue weighted by molar-refractivity contribution is 6.47. The fraction of sp³-hybridized carbons (Fsp3) is 0.143.